The molecule has 0 saturated carbocycles. The molecule has 1 aromatic carbocycles. The molecule has 130 valence electrons. The van der Waals surface area contributed by atoms with Gasteiger partial charge in [0.15, 0.2) is 11.5 Å². The van der Waals surface area contributed by atoms with Crippen LogP contribution in [0.2, 0.25) is 0 Å². The van der Waals surface area contributed by atoms with E-state index in [2.05, 4.69) is 22.1 Å². The van der Waals surface area contributed by atoms with Gasteiger partial charge in [-0.2, -0.15) is 15.3 Å². The minimum Gasteiger partial charge on any atom is -0.493 e. The van der Waals surface area contributed by atoms with Crippen molar-refractivity contribution in [2.45, 2.75) is 20.3 Å². The zero-order chi connectivity index (χ0) is 18.2. The quantitative estimate of drug-likeness (QED) is 0.580. The molecule has 2 aromatic rings. The van der Waals surface area contributed by atoms with Gasteiger partial charge in [-0.15, -0.1) is 0 Å². The number of oxazole rings is 1. The number of methoxy groups -OCH3 is 1. The second-order valence-electron chi connectivity index (χ2n) is 5.22. The molecule has 7 nitrogen and oxygen atoms in total. The smallest absolute Gasteiger partial charge is 0.252 e. The topological polar surface area (TPSA) is 92.7 Å². The summed E-state index contributed by atoms with van der Waals surface area (Å²) in [5, 5.41) is 13.1. The molecule has 0 spiro atoms. The van der Waals surface area contributed by atoms with E-state index in [0.29, 0.717) is 29.6 Å². The van der Waals surface area contributed by atoms with Gasteiger partial charge in [0, 0.05) is 5.57 Å². The summed E-state index contributed by atoms with van der Waals surface area (Å²) in [6.45, 7) is 8.14. The number of aromatic nitrogens is 1. The van der Waals surface area contributed by atoms with Crippen LogP contribution in [0.25, 0.3) is 5.57 Å². The highest BCUT2D eigenvalue weighted by Crippen LogP contribution is 2.27. The van der Waals surface area contributed by atoms with Gasteiger partial charge in [0.2, 0.25) is 11.6 Å². The molecule has 0 unspecified atom stereocenters. The van der Waals surface area contributed by atoms with Crippen LogP contribution < -0.4 is 14.9 Å². The van der Waals surface area contributed by atoms with Crippen molar-refractivity contribution in [2.75, 3.05) is 19.1 Å². The lowest BCUT2D eigenvalue weighted by atomic mass is 10.2. The number of hydrogen-bond donors (Lipinski definition) is 1. The van der Waals surface area contributed by atoms with Crippen LogP contribution in [0, 0.1) is 11.3 Å². The molecule has 0 aliphatic carbocycles. The number of hydrogen-bond acceptors (Lipinski definition) is 7. The number of anilines is 1. The normalized spacial score (nSPS) is 10.5. The summed E-state index contributed by atoms with van der Waals surface area (Å²) in [7, 11) is 1.58. The molecule has 0 aliphatic heterocycles. The minimum atomic E-state index is 0.121. The maximum Gasteiger partial charge on any atom is 0.252 e. The number of nitriles is 1. The average molecular weight is 340 g/mol. The summed E-state index contributed by atoms with van der Waals surface area (Å²) in [5.41, 5.74) is 4.22. The lowest BCUT2D eigenvalue weighted by Gasteiger charge is -2.10. The second-order valence-corrected chi connectivity index (χ2v) is 5.22. The van der Waals surface area contributed by atoms with Crippen LogP contribution in [-0.4, -0.2) is 24.9 Å². The molecule has 0 amide bonds. The monoisotopic (exact) mass is 340 g/mol. The van der Waals surface area contributed by atoms with Crippen molar-refractivity contribution in [3.8, 4) is 17.6 Å². The largest absolute Gasteiger partial charge is 0.493 e. The van der Waals surface area contributed by atoms with Crippen LogP contribution in [0.4, 0.5) is 5.88 Å². The molecule has 25 heavy (non-hydrogen) atoms. The maximum absolute atomic E-state index is 9.08. The Labute approximate surface area is 146 Å². The Morgan fingerprint density at radius 3 is 2.92 bits per heavy atom. The molecule has 7 heteroatoms. The number of nitrogens with one attached hydrogen (secondary N) is 1. The zero-order valence-electron chi connectivity index (χ0n) is 14.5. The minimum absolute atomic E-state index is 0.121. The van der Waals surface area contributed by atoms with Crippen LogP contribution in [0.1, 0.15) is 37.4 Å². The Hall–Kier alpha value is -3.27. The van der Waals surface area contributed by atoms with Gasteiger partial charge in [0.1, 0.15) is 6.07 Å². The fourth-order valence-corrected chi connectivity index (χ4v) is 1.92. The van der Waals surface area contributed by atoms with Gasteiger partial charge in [0.25, 0.3) is 5.88 Å². The zero-order valence-corrected chi connectivity index (χ0v) is 14.5. The van der Waals surface area contributed by atoms with Gasteiger partial charge >= 0.3 is 0 Å². The van der Waals surface area contributed by atoms with Crippen molar-refractivity contribution in [1.29, 1.82) is 5.26 Å². The first kappa shape index (κ1) is 18.1. The van der Waals surface area contributed by atoms with E-state index >= 15 is 0 Å². The highest BCUT2D eigenvalue weighted by molar-refractivity contribution is 5.81. The number of allylic oxidation sites excluding steroid dienone is 1. The molecule has 0 bridgehead atoms. The third kappa shape index (κ3) is 4.61. The standard InChI is InChI=1S/C18H20N4O3/c1-5-8-24-15-7-6-13(9-16(15)23-4)11-20-22-18-14(10-19)21-17(25-18)12(2)3/h6-7,9,11,22H,2,5,8H2,1,3-4H3. The molecule has 0 fully saturated rings. The van der Waals surface area contributed by atoms with E-state index in [-0.39, 0.29) is 11.6 Å². The predicted molar refractivity (Wildman–Crippen MR) is 95.9 cm³/mol. The fraction of sp³-hybridized carbons (Fsp3) is 0.278. The molecule has 0 atom stereocenters. The van der Waals surface area contributed by atoms with E-state index in [9.17, 15) is 0 Å². The van der Waals surface area contributed by atoms with Crippen LogP contribution in [0.15, 0.2) is 34.3 Å². The van der Waals surface area contributed by atoms with E-state index in [4.69, 9.17) is 19.2 Å². The van der Waals surface area contributed by atoms with E-state index in [1.807, 2.05) is 25.1 Å². The van der Waals surface area contributed by atoms with Crippen LogP contribution >= 0.6 is 0 Å². The Balaban J connectivity index is 2.12. The van der Waals surface area contributed by atoms with Crippen LogP contribution in [0.5, 0.6) is 11.5 Å². The first-order valence-corrected chi connectivity index (χ1v) is 7.75. The number of rotatable bonds is 8. The van der Waals surface area contributed by atoms with Crippen molar-refractivity contribution < 1.29 is 13.9 Å². The van der Waals surface area contributed by atoms with Gasteiger partial charge in [-0.3, -0.25) is 0 Å². The number of hydrazone groups is 1. The van der Waals surface area contributed by atoms with Crippen molar-refractivity contribution in [3.63, 3.8) is 0 Å². The first-order valence-electron chi connectivity index (χ1n) is 7.75. The Bertz CT molecular complexity index is 818. The lowest BCUT2D eigenvalue weighted by Crippen LogP contribution is -1.98. The predicted octanol–water partition coefficient (Wildman–Crippen LogP) is 3.82. The van der Waals surface area contributed by atoms with Crippen LogP contribution in [0.3, 0.4) is 0 Å². The van der Waals surface area contributed by atoms with Gasteiger partial charge in [-0.05, 0) is 37.1 Å². The van der Waals surface area contributed by atoms with Gasteiger partial charge in [0.05, 0.1) is 19.9 Å². The number of ether oxygens (including phenoxy) is 2. The summed E-state index contributed by atoms with van der Waals surface area (Å²) >= 11 is 0. The third-order valence-corrected chi connectivity index (χ3v) is 3.13. The van der Waals surface area contributed by atoms with Gasteiger partial charge < -0.3 is 13.9 Å². The van der Waals surface area contributed by atoms with Crippen molar-refractivity contribution in [2.24, 2.45) is 5.10 Å². The molecule has 1 heterocycles. The summed E-state index contributed by atoms with van der Waals surface area (Å²) in [6.07, 6.45) is 2.50. The van der Waals surface area contributed by atoms with Crippen molar-refractivity contribution in [1.82, 2.24) is 4.98 Å². The second kappa shape index (κ2) is 8.55. The fourth-order valence-electron chi connectivity index (χ4n) is 1.92. The molecule has 0 radical (unpaired) electrons. The number of benzene rings is 1. The summed E-state index contributed by atoms with van der Waals surface area (Å²) in [6, 6.07) is 7.43. The van der Waals surface area contributed by atoms with Crippen LogP contribution in [-0.2, 0) is 0 Å². The summed E-state index contributed by atoms with van der Waals surface area (Å²) in [5.74, 6) is 1.78. The highest BCUT2D eigenvalue weighted by atomic mass is 16.5. The molecule has 1 aromatic heterocycles. The van der Waals surface area contributed by atoms with E-state index < -0.39 is 0 Å². The maximum atomic E-state index is 9.08. The molecular formula is C18H20N4O3. The third-order valence-electron chi connectivity index (χ3n) is 3.13. The van der Waals surface area contributed by atoms with Gasteiger partial charge in [-0.25, -0.2) is 5.43 Å². The molecular weight excluding hydrogens is 320 g/mol. The Kier molecular flexibility index (Phi) is 6.18. The van der Waals surface area contributed by atoms with Crippen molar-refractivity contribution in [3.05, 3.63) is 41.9 Å². The molecule has 1 N–H and O–H groups in total. The lowest BCUT2D eigenvalue weighted by molar-refractivity contribution is 0.294. The summed E-state index contributed by atoms with van der Waals surface area (Å²) < 4.78 is 16.3. The van der Waals surface area contributed by atoms with E-state index in [1.165, 1.54) is 0 Å². The SMILES string of the molecule is C=C(C)c1nc(C#N)c(NN=Cc2ccc(OCCC)c(OC)c2)o1. The highest BCUT2D eigenvalue weighted by Gasteiger charge is 2.12. The first-order chi connectivity index (χ1) is 12.1. The van der Waals surface area contributed by atoms with Crippen molar-refractivity contribution >= 4 is 17.7 Å². The Morgan fingerprint density at radius 1 is 1.48 bits per heavy atom. The average Bonchev–Trinajstić information content (AvgIpc) is 3.04. The van der Waals surface area contributed by atoms with E-state index in [0.717, 1.165) is 12.0 Å². The molecule has 0 aliphatic rings. The van der Waals surface area contributed by atoms with E-state index in [1.54, 1.807) is 26.3 Å². The summed E-state index contributed by atoms with van der Waals surface area (Å²) in [4.78, 5) is 4.02. The van der Waals surface area contributed by atoms with Gasteiger partial charge in [-0.1, -0.05) is 13.5 Å². The molecule has 0 saturated heterocycles. The number of nitrogens with zero attached hydrogens (tertiary/aromatic N) is 3. The molecule has 2 rings (SSSR count). The Morgan fingerprint density at radius 2 is 2.28 bits per heavy atom.